The Morgan fingerprint density at radius 2 is 1.56 bits per heavy atom. The minimum atomic E-state index is 0.0697. The Kier molecular flexibility index (Phi) is 4.70. The molecule has 0 bridgehead atoms. The van der Waals surface area contributed by atoms with Gasteiger partial charge in [0.05, 0.1) is 0 Å². The Labute approximate surface area is 162 Å². The molecule has 1 aliphatic carbocycles. The summed E-state index contributed by atoms with van der Waals surface area (Å²) in [5.74, 6) is 0.990. The predicted octanol–water partition coefficient (Wildman–Crippen LogP) is 5.67. The molecule has 5 heteroatoms. The number of nitrogens with one attached hydrogen (secondary N) is 1. The fraction of sp³-hybridized carbons (Fsp3) is 0.350. The van der Waals surface area contributed by atoms with Crippen molar-refractivity contribution in [3.63, 3.8) is 0 Å². The Bertz CT molecular complexity index is 805. The monoisotopic (exact) mass is 393 g/mol. The molecule has 2 fully saturated rings. The third kappa shape index (κ3) is 3.16. The molecule has 1 heterocycles. The van der Waals surface area contributed by atoms with Gasteiger partial charge in [0, 0.05) is 27.5 Å². The highest BCUT2D eigenvalue weighted by molar-refractivity contribution is 6.35. The van der Waals surface area contributed by atoms with Crippen molar-refractivity contribution in [1.82, 2.24) is 5.32 Å². The normalized spacial score (nSPS) is 28.5. The van der Waals surface area contributed by atoms with Gasteiger partial charge in [-0.15, -0.1) is 0 Å². The predicted molar refractivity (Wildman–Crippen MR) is 103 cm³/mol. The molecule has 2 aromatic carbocycles. The molecule has 2 aromatic rings. The third-order valence-corrected chi connectivity index (χ3v) is 6.48. The van der Waals surface area contributed by atoms with Crippen molar-refractivity contribution in [1.29, 1.82) is 0 Å². The second-order valence-electron chi connectivity index (χ2n) is 6.94. The second-order valence-corrected chi connectivity index (χ2v) is 8.22. The van der Waals surface area contributed by atoms with Crippen LogP contribution >= 0.6 is 34.8 Å². The lowest BCUT2D eigenvalue weighted by Gasteiger charge is -2.40. The van der Waals surface area contributed by atoms with Crippen LogP contribution in [0.15, 0.2) is 42.5 Å². The molecule has 25 heavy (non-hydrogen) atoms. The van der Waals surface area contributed by atoms with E-state index in [2.05, 4.69) is 17.4 Å². The Hall–Kier alpha value is -1.22. The molecule has 0 spiro atoms. The zero-order valence-corrected chi connectivity index (χ0v) is 15.8. The molecule has 1 saturated carbocycles. The zero-order chi connectivity index (χ0) is 17.6. The average molecular weight is 395 g/mol. The van der Waals surface area contributed by atoms with E-state index >= 15 is 0 Å². The molecule has 0 aromatic heterocycles. The molecule has 2 nitrogen and oxygen atoms in total. The highest BCUT2D eigenvalue weighted by Gasteiger charge is 2.47. The van der Waals surface area contributed by atoms with Crippen LogP contribution in [0.4, 0.5) is 0 Å². The van der Waals surface area contributed by atoms with E-state index in [9.17, 15) is 4.79 Å². The molecule has 4 atom stereocenters. The van der Waals surface area contributed by atoms with Gasteiger partial charge in [-0.3, -0.25) is 4.79 Å². The third-order valence-electron chi connectivity index (χ3n) is 5.67. The minimum absolute atomic E-state index is 0.0697. The minimum Gasteiger partial charge on any atom is -0.356 e. The Morgan fingerprint density at radius 1 is 0.880 bits per heavy atom. The van der Waals surface area contributed by atoms with E-state index in [4.69, 9.17) is 34.8 Å². The maximum Gasteiger partial charge on any atom is 0.223 e. The fourth-order valence-corrected chi connectivity index (χ4v) is 5.21. The van der Waals surface area contributed by atoms with Gasteiger partial charge >= 0.3 is 0 Å². The van der Waals surface area contributed by atoms with Crippen molar-refractivity contribution in [2.45, 2.75) is 24.7 Å². The first kappa shape index (κ1) is 17.2. The molecule has 1 N–H and O–H groups in total. The first-order chi connectivity index (χ1) is 12.0. The summed E-state index contributed by atoms with van der Waals surface area (Å²) >= 11 is 18.7. The van der Waals surface area contributed by atoms with Crippen molar-refractivity contribution >= 4 is 40.7 Å². The van der Waals surface area contributed by atoms with Crippen molar-refractivity contribution in [3.05, 3.63) is 68.7 Å². The highest BCUT2D eigenvalue weighted by atomic mass is 35.5. The summed E-state index contributed by atoms with van der Waals surface area (Å²) in [5.41, 5.74) is 2.33. The summed E-state index contributed by atoms with van der Waals surface area (Å²) < 4.78 is 0. The number of amides is 1. The van der Waals surface area contributed by atoms with Crippen LogP contribution in [0, 0.1) is 11.8 Å². The van der Waals surface area contributed by atoms with E-state index < -0.39 is 0 Å². The fourth-order valence-electron chi connectivity index (χ4n) is 4.55. The van der Waals surface area contributed by atoms with Crippen molar-refractivity contribution < 1.29 is 4.79 Å². The van der Waals surface area contributed by atoms with Crippen LogP contribution in [0.3, 0.4) is 0 Å². The molecule has 1 amide bonds. The molecule has 0 unspecified atom stereocenters. The summed E-state index contributed by atoms with van der Waals surface area (Å²) in [4.78, 5) is 12.2. The first-order valence-electron chi connectivity index (χ1n) is 8.52. The van der Waals surface area contributed by atoms with E-state index in [1.165, 1.54) is 5.56 Å². The van der Waals surface area contributed by atoms with Gasteiger partial charge < -0.3 is 5.32 Å². The van der Waals surface area contributed by atoms with E-state index in [1.807, 2.05) is 24.3 Å². The van der Waals surface area contributed by atoms with E-state index in [-0.39, 0.29) is 23.7 Å². The number of hydrogen-bond donors (Lipinski definition) is 1. The van der Waals surface area contributed by atoms with Crippen molar-refractivity contribution in [2.24, 2.45) is 11.8 Å². The van der Waals surface area contributed by atoms with Crippen LogP contribution in [0.1, 0.15) is 35.8 Å². The lowest BCUT2D eigenvalue weighted by atomic mass is 9.63. The number of benzene rings is 2. The largest absolute Gasteiger partial charge is 0.356 e. The van der Waals surface area contributed by atoms with Crippen LogP contribution in [0.25, 0.3) is 0 Å². The van der Waals surface area contributed by atoms with Crippen LogP contribution in [-0.2, 0) is 4.79 Å². The Morgan fingerprint density at radius 3 is 2.28 bits per heavy atom. The second kappa shape index (κ2) is 6.83. The van der Waals surface area contributed by atoms with Gasteiger partial charge in [-0.25, -0.2) is 0 Å². The van der Waals surface area contributed by atoms with Crippen molar-refractivity contribution in [2.75, 3.05) is 6.54 Å². The highest BCUT2D eigenvalue weighted by Crippen LogP contribution is 2.52. The standard InChI is InChI=1S/C20H18Cl3NO/c21-12-3-1-11(2-4-12)14-7-8-15-17(10-24-20(15)25)19(14)16-6-5-13(22)9-18(16)23/h1-6,9,14-15,17,19H,7-8,10H2,(H,24,25)/t14-,15+,17+,19+/m0/s1. The maximum atomic E-state index is 12.2. The van der Waals surface area contributed by atoms with Crippen LogP contribution in [0.2, 0.25) is 15.1 Å². The van der Waals surface area contributed by atoms with Gasteiger partial charge in [0.25, 0.3) is 0 Å². The molecule has 130 valence electrons. The molecular formula is C20H18Cl3NO. The summed E-state index contributed by atoms with van der Waals surface area (Å²) in [7, 11) is 0. The average Bonchev–Trinajstić information content (AvgIpc) is 2.97. The van der Waals surface area contributed by atoms with E-state index in [1.54, 1.807) is 6.07 Å². The molecule has 0 radical (unpaired) electrons. The maximum absolute atomic E-state index is 12.2. The molecule has 4 rings (SSSR count). The first-order valence-corrected chi connectivity index (χ1v) is 9.66. The van der Waals surface area contributed by atoms with Gasteiger partial charge in [-0.1, -0.05) is 53.0 Å². The van der Waals surface area contributed by atoms with Crippen LogP contribution in [0.5, 0.6) is 0 Å². The quantitative estimate of drug-likeness (QED) is 0.698. The summed E-state index contributed by atoms with van der Waals surface area (Å²) in [6, 6.07) is 13.7. The van der Waals surface area contributed by atoms with Crippen LogP contribution in [-0.4, -0.2) is 12.5 Å². The van der Waals surface area contributed by atoms with Gasteiger partial charge in [0.15, 0.2) is 0 Å². The number of carbonyl (C=O) groups excluding carboxylic acids is 1. The number of carbonyl (C=O) groups is 1. The molecule has 1 saturated heterocycles. The van der Waals surface area contributed by atoms with Gasteiger partial charge in [0.1, 0.15) is 0 Å². The van der Waals surface area contributed by atoms with Gasteiger partial charge in [0.2, 0.25) is 5.91 Å². The van der Waals surface area contributed by atoms with Gasteiger partial charge in [-0.05, 0) is 66.0 Å². The number of halogens is 3. The lowest BCUT2D eigenvalue weighted by molar-refractivity contribution is -0.123. The zero-order valence-electron chi connectivity index (χ0n) is 13.5. The summed E-state index contributed by atoms with van der Waals surface area (Å²) in [6.07, 6.45) is 1.87. The van der Waals surface area contributed by atoms with Crippen molar-refractivity contribution in [3.8, 4) is 0 Å². The van der Waals surface area contributed by atoms with Gasteiger partial charge in [-0.2, -0.15) is 0 Å². The lowest BCUT2D eigenvalue weighted by Crippen LogP contribution is -2.32. The topological polar surface area (TPSA) is 29.1 Å². The Balaban J connectivity index is 1.79. The number of rotatable bonds is 2. The smallest absolute Gasteiger partial charge is 0.223 e. The molecule has 2 aliphatic rings. The summed E-state index contributed by atoms with van der Waals surface area (Å²) in [5, 5.41) is 5.08. The summed E-state index contributed by atoms with van der Waals surface area (Å²) in [6.45, 7) is 0.706. The van der Waals surface area contributed by atoms with E-state index in [0.29, 0.717) is 22.5 Å². The van der Waals surface area contributed by atoms with E-state index in [0.717, 1.165) is 23.4 Å². The number of hydrogen-bond acceptors (Lipinski definition) is 1. The molecule has 1 aliphatic heterocycles. The molecular weight excluding hydrogens is 377 g/mol. The number of fused-ring (bicyclic) bond motifs is 1. The van der Waals surface area contributed by atoms with Crippen LogP contribution < -0.4 is 5.32 Å². The SMILES string of the molecule is O=C1NC[C@H]2[C@@H](c3ccc(Cl)cc3Cl)[C@H](c3ccc(Cl)cc3)CC[C@@H]12.